The average molecular weight is 309 g/mol. The summed E-state index contributed by atoms with van der Waals surface area (Å²) in [5.41, 5.74) is 1.56. The van der Waals surface area contributed by atoms with Crippen LogP contribution in [0.2, 0.25) is 0 Å². The van der Waals surface area contributed by atoms with Crippen LogP contribution >= 0.6 is 27.7 Å². The van der Waals surface area contributed by atoms with Gasteiger partial charge in [-0.2, -0.15) is 0 Å². The number of carbonyl (C=O) groups is 1. The molecule has 0 bridgehead atoms. The predicted molar refractivity (Wildman–Crippen MR) is 70.4 cm³/mol. The molecule has 2 aromatic heterocycles. The van der Waals surface area contributed by atoms with Crippen LogP contribution in [0.3, 0.4) is 0 Å². The molecule has 0 amide bonds. The second-order valence-corrected chi connectivity index (χ2v) is 5.23. The number of pyridine rings is 2. The van der Waals surface area contributed by atoms with Crippen LogP contribution in [0.15, 0.2) is 45.1 Å². The summed E-state index contributed by atoms with van der Waals surface area (Å²) in [7, 11) is 0. The van der Waals surface area contributed by atoms with E-state index in [1.165, 1.54) is 11.8 Å². The molecule has 2 heterocycles. The van der Waals surface area contributed by atoms with E-state index in [9.17, 15) is 4.79 Å². The zero-order chi connectivity index (χ0) is 12.3. The van der Waals surface area contributed by atoms with Crippen LogP contribution in [-0.4, -0.2) is 16.3 Å². The maximum absolute atomic E-state index is 10.6. The van der Waals surface area contributed by atoms with E-state index < -0.39 is 0 Å². The molecule has 0 N–H and O–H groups in total. The SMILES string of the molecule is Cc1cc(C=O)cnc1Sc1ncccc1Br. The zero-order valence-electron chi connectivity index (χ0n) is 9.05. The van der Waals surface area contributed by atoms with Gasteiger partial charge in [0.15, 0.2) is 6.29 Å². The molecule has 2 rings (SSSR count). The van der Waals surface area contributed by atoms with Gasteiger partial charge < -0.3 is 0 Å². The van der Waals surface area contributed by atoms with Crippen LogP contribution in [0.5, 0.6) is 0 Å². The zero-order valence-corrected chi connectivity index (χ0v) is 11.5. The highest BCUT2D eigenvalue weighted by Gasteiger charge is 2.07. The highest BCUT2D eigenvalue weighted by molar-refractivity contribution is 9.10. The molecular weight excluding hydrogens is 300 g/mol. The van der Waals surface area contributed by atoms with Crippen molar-refractivity contribution in [3.63, 3.8) is 0 Å². The number of aldehydes is 1. The molecule has 17 heavy (non-hydrogen) atoms. The second-order valence-electron chi connectivity index (χ2n) is 3.40. The van der Waals surface area contributed by atoms with E-state index in [2.05, 4.69) is 25.9 Å². The topological polar surface area (TPSA) is 42.9 Å². The third-order valence-electron chi connectivity index (χ3n) is 2.11. The van der Waals surface area contributed by atoms with Crippen molar-refractivity contribution in [3.8, 4) is 0 Å². The molecule has 0 saturated heterocycles. The lowest BCUT2D eigenvalue weighted by molar-refractivity contribution is 0.112. The third-order valence-corrected chi connectivity index (χ3v) is 4.15. The molecule has 0 aromatic carbocycles. The highest BCUT2D eigenvalue weighted by Crippen LogP contribution is 2.31. The third kappa shape index (κ3) is 2.92. The Hall–Kier alpha value is -1.20. The number of halogens is 1. The van der Waals surface area contributed by atoms with E-state index in [0.29, 0.717) is 5.56 Å². The Morgan fingerprint density at radius 2 is 2.18 bits per heavy atom. The molecule has 0 spiro atoms. The van der Waals surface area contributed by atoms with Gasteiger partial charge in [0.1, 0.15) is 10.1 Å². The molecule has 0 aliphatic rings. The molecule has 5 heteroatoms. The Labute approximate surface area is 112 Å². The monoisotopic (exact) mass is 308 g/mol. The summed E-state index contributed by atoms with van der Waals surface area (Å²) in [5, 5.41) is 1.72. The fraction of sp³-hybridized carbons (Fsp3) is 0.0833. The summed E-state index contributed by atoms with van der Waals surface area (Å²) in [6.07, 6.45) is 4.10. The maximum atomic E-state index is 10.6. The van der Waals surface area contributed by atoms with Crippen molar-refractivity contribution in [3.05, 3.63) is 46.2 Å². The number of hydrogen-bond donors (Lipinski definition) is 0. The van der Waals surface area contributed by atoms with Gasteiger partial charge in [-0.3, -0.25) is 4.79 Å². The number of rotatable bonds is 3. The molecule has 0 unspecified atom stereocenters. The first kappa shape index (κ1) is 12.3. The van der Waals surface area contributed by atoms with E-state index in [1.807, 2.05) is 25.1 Å². The Bertz CT molecular complexity index is 560. The van der Waals surface area contributed by atoms with Gasteiger partial charge in [-0.1, -0.05) is 0 Å². The fourth-order valence-corrected chi connectivity index (χ4v) is 2.58. The lowest BCUT2D eigenvalue weighted by atomic mass is 10.2. The number of aromatic nitrogens is 2. The lowest BCUT2D eigenvalue weighted by Crippen LogP contribution is -1.90. The Morgan fingerprint density at radius 1 is 1.35 bits per heavy atom. The molecule has 3 nitrogen and oxygen atoms in total. The molecular formula is C12H9BrN2OS. The minimum Gasteiger partial charge on any atom is -0.298 e. The molecule has 0 saturated carbocycles. The second kappa shape index (κ2) is 5.42. The van der Waals surface area contributed by atoms with Crippen molar-refractivity contribution in [2.45, 2.75) is 17.0 Å². The van der Waals surface area contributed by atoms with Gasteiger partial charge >= 0.3 is 0 Å². The van der Waals surface area contributed by atoms with Crippen LogP contribution in [0.4, 0.5) is 0 Å². The van der Waals surface area contributed by atoms with E-state index in [0.717, 1.165) is 26.4 Å². The predicted octanol–water partition coefficient (Wildman–Crippen LogP) is 3.51. The Balaban J connectivity index is 2.31. The number of nitrogens with zero attached hydrogens (tertiary/aromatic N) is 2. The van der Waals surface area contributed by atoms with Crippen LogP contribution in [0.25, 0.3) is 0 Å². The summed E-state index contributed by atoms with van der Waals surface area (Å²) in [5.74, 6) is 0. The van der Waals surface area contributed by atoms with Crippen LogP contribution < -0.4 is 0 Å². The maximum Gasteiger partial charge on any atom is 0.151 e. The van der Waals surface area contributed by atoms with Crippen molar-refractivity contribution in [1.82, 2.24) is 9.97 Å². The Morgan fingerprint density at radius 3 is 2.82 bits per heavy atom. The van der Waals surface area contributed by atoms with Crippen molar-refractivity contribution in [2.75, 3.05) is 0 Å². The first-order chi connectivity index (χ1) is 8.20. The molecule has 86 valence electrons. The van der Waals surface area contributed by atoms with Gasteiger partial charge in [0, 0.05) is 18.0 Å². The first-order valence-electron chi connectivity index (χ1n) is 4.91. The molecule has 0 radical (unpaired) electrons. The van der Waals surface area contributed by atoms with Crippen LogP contribution in [0, 0.1) is 6.92 Å². The molecule has 0 fully saturated rings. The normalized spacial score (nSPS) is 10.2. The van der Waals surface area contributed by atoms with E-state index in [1.54, 1.807) is 12.4 Å². The summed E-state index contributed by atoms with van der Waals surface area (Å²) in [6, 6.07) is 5.62. The van der Waals surface area contributed by atoms with E-state index in [4.69, 9.17) is 0 Å². The van der Waals surface area contributed by atoms with Gasteiger partial charge in [0.2, 0.25) is 0 Å². The van der Waals surface area contributed by atoms with Crippen LogP contribution in [0.1, 0.15) is 15.9 Å². The van der Waals surface area contributed by atoms with Crippen molar-refractivity contribution in [1.29, 1.82) is 0 Å². The molecule has 2 aromatic rings. The van der Waals surface area contributed by atoms with Crippen molar-refractivity contribution in [2.24, 2.45) is 0 Å². The molecule has 0 aliphatic heterocycles. The summed E-state index contributed by atoms with van der Waals surface area (Å²) < 4.78 is 0.936. The molecule has 0 atom stereocenters. The smallest absolute Gasteiger partial charge is 0.151 e. The van der Waals surface area contributed by atoms with Gasteiger partial charge in [-0.15, -0.1) is 0 Å². The van der Waals surface area contributed by atoms with Crippen molar-refractivity contribution < 1.29 is 4.79 Å². The van der Waals surface area contributed by atoms with Gasteiger partial charge in [0.05, 0.1) is 4.47 Å². The summed E-state index contributed by atoms with van der Waals surface area (Å²) in [4.78, 5) is 19.1. The largest absolute Gasteiger partial charge is 0.298 e. The van der Waals surface area contributed by atoms with Gasteiger partial charge in [-0.25, -0.2) is 9.97 Å². The highest BCUT2D eigenvalue weighted by atomic mass is 79.9. The Kier molecular flexibility index (Phi) is 3.91. The number of carbonyl (C=O) groups excluding carboxylic acids is 1. The summed E-state index contributed by atoms with van der Waals surface area (Å²) >= 11 is 4.91. The van der Waals surface area contributed by atoms with E-state index in [-0.39, 0.29) is 0 Å². The quantitative estimate of drug-likeness (QED) is 0.814. The van der Waals surface area contributed by atoms with Crippen molar-refractivity contribution >= 4 is 34.0 Å². The number of aryl methyl sites for hydroxylation is 1. The van der Waals surface area contributed by atoms with Gasteiger partial charge in [0.25, 0.3) is 0 Å². The minimum absolute atomic E-state index is 0.590. The van der Waals surface area contributed by atoms with Gasteiger partial charge in [-0.05, 0) is 58.4 Å². The minimum atomic E-state index is 0.590. The fourth-order valence-electron chi connectivity index (χ4n) is 1.29. The molecule has 0 aliphatic carbocycles. The summed E-state index contributed by atoms with van der Waals surface area (Å²) in [6.45, 7) is 1.93. The number of hydrogen-bond acceptors (Lipinski definition) is 4. The lowest BCUT2D eigenvalue weighted by Gasteiger charge is -2.05. The standard InChI is InChI=1S/C12H9BrN2OS/c1-8-5-9(7-16)6-15-11(8)17-12-10(13)3-2-4-14-12/h2-7H,1H3. The van der Waals surface area contributed by atoms with Crippen LogP contribution in [-0.2, 0) is 0 Å². The van der Waals surface area contributed by atoms with E-state index >= 15 is 0 Å². The average Bonchev–Trinajstić information content (AvgIpc) is 2.34. The first-order valence-corrected chi connectivity index (χ1v) is 6.52.